The number of carbonyl (C=O) groups excluding carboxylic acids is 1. The van der Waals surface area contributed by atoms with Gasteiger partial charge in [0, 0.05) is 25.1 Å². The molecule has 3 rings (SSSR count). The lowest BCUT2D eigenvalue weighted by Crippen LogP contribution is -2.41. The molecule has 11 heteroatoms. The van der Waals surface area contributed by atoms with Gasteiger partial charge in [-0.15, -0.1) is 0 Å². The van der Waals surface area contributed by atoms with Gasteiger partial charge in [0.2, 0.25) is 0 Å². The molecule has 3 heterocycles. The first-order valence-corrected chi connectivity index (χ1v) is 8.38. The molecule has 0 unspecified atom stereocenters. The summed E-state index contributed by atoms with van der Waals surface area (Å²) in [6.07, 6.45) is 1.07. The highest BCUT2D eigenvalue weighted by molar-refractivity contribution is 5.94. The predicted octanol–water partition coefficient (Wildman–Crippen LogP) is 2.07. The van der Waals surface area contributed by atoms with E-state index in [0.717, 1.165) is 11.8 Å². The molecular formula is C18H17F4N3O4. The van der Waals surface area contributed by atoms with Crippen molar-refractivity contribution in [1.82, 2.24) is 14.9 Å². The molecule has 156 valence electrons. The average molecular weight is 415 g/mol. The fraction of sp³-hybridized carbons (Fsp3) is 0.333. The lowest BCUT2D eigenvalue weighted by molar-refractivity contribution is -0.192. The molecular weight excluding hydrogens is 398 g/mol. The molecule has 2 atom stereocenters. The number of rotatable bonds is 3. The maximum absolute atomic E-state index is 13.8. The zero-order valence-electron chi connectivity index (χ0n) is 14.9. The number of hydrogen-bond acceptors (Lipinski definition) is 5. The second-order valence-corrected chi connectivity index (χ2v) is 6.15. The summed E-state index contributed by atoms with van der Waals surface area (Å²) in [5.74, 6) is -3.81. The van der Waals surface area contributed by atoms with Gasteiger partial charge >= 0.3 is 12.1 Å². The number of carboxylic acid groups (broad SMARTS) is 1. The van der Waals surface area contributed by atoms with Crippen molar-refractivity contribution < 1.29 is 37.4 Å². The van der Waals surface area contributed by atoms with Gasteiger partial charge in [-0.2, -0.15) is 13.2 Å². The standard InChI is InChI=1S/C16H16FN3O2.C2HF3O2/c17-13-10-19-6-3-12(13)16(22)20-7-4-15(21)14(20)8-11-2-1-5-18-9-11;3-2(4,5)1(6)7/h1-3,5-6,9-10,14-15,21H,4,7-8H2;(H,6,7)/t14-,15-;/m0./s1. The van der Waals surface area contributed by atoms with Crippen LogP contribution in [-0.4, -0.2) is 61.8 Å². The Morgan fingerprint density at radius 1 is 1.17 bits per heavy atom. The van der Waals surface area contributed by atoms with Crippen molar-refractivity contribution in [1.29, 1.82) is 0 Å². The summed E-state index contributed by atoms with van der Waals surface area (Å²) in [6, 6.07) is 4.70. The molecule has 0 spiro atoms. The Hall–Kier alpha value is -3.08. The molecule has 7 nitrogen and oxygen atoms in total. The van der Waals surface area contributed by atoms with Crippen LogP contribution < -0.4 is 0 Å². The van der Waals surface area contributed by atoms with Crippen LogP contribution in [0.3, 0.4) is 0 Å². The number of aromatic nitrogens is 2. The van der Waals surface area contributed by atoms with Crippen molar-refractivity contribution in [2.75, 3.05) is 6.54 Å². The smallest absolute Gasteiger partial charge is 0.475 e. The van der Waals surface area contributed by atoms with Crippen LogP contribution in [0.5, 0.6) is 0 Å². The van der Waals surface area contributed by atoms with Crippen LogP contribution in [0.25, 0.3) is 0 Å². The van der Waals surface area contributed by atoms with Crippen molar-refractivity contribution >= 4 is 11.9 Å². The van der Waals surface area contributed by atoms with E-state index in [4.69, 9.17) is 9.90 Å². The van der Waals surface area contributed by atoms with Crippen LogP contribution >= 0.6 is 0 Å². The Morgan fingerprint density at radius 2 is 1.83 bits per heavy atom. The maximum atomic E-state index is 13.8. The molecule has 1 fully saturated rings. The van der Waals surface area contributed by atoms with Gasteiger partial charge in [-0.1, -0.05) is 6.07 Å². The minimum Gasteiger partial charge on any atom is -0.475 e. The summed E-state index contributed by atoms with van der Waals surface area (Å²) in [6.45, 7) is 0.409. The van der Waals surface area contributed by atoms with Gasteiger partial charge in [0.05, 0.1) is 23.9 Å². The molecule has 0 saturated carbocycles. The van der Waals surface area contributed by atoms with E-state index in [9.17, 15) is 27.5 Å². The topological polar surface area (TPSA) is 104 Å². The second kappa shape index (κ2) is 9.41. The van der Waals surface area contributed by atoms with Crippen LogP contribution in [0.2, 0.25) is 0 Å². The van der Waals surface area contributed by atoms with Crippen molar-refractivity contribution in [3.8, 4) is 0 Å². The normalized spacial score (nSPS) is 18.7. The first kappa shape index (κ1) is 22.2. The maximum Gasteiger partial charge on any atom is 0.490 e. The molecule has 2 aromatic rings. The SMILES string of the molecule is O=C(O)C(F)(F)F.O=C(c1ccncc1F)N1CC[C@H](O)[C@@H]1Cc1cccnc1. The largest absolute Gasteiger partial charge is 0.490 e. The molecule has 1 aliphatic rings. The van der Waals surface area contributed by atoms with Crippen LogP contribution in [0.4, 0.5) is 17.6 Å². The van der Waals surface area contributed by atoms with E-state index in [-0.39, 0.29) is 11.6 Å². The van der Waals surface area contributed by atoms with E-state index < -0.39 is 30.0 Å². The Morgan fingerprint density at radius 3 is 2.38 bits per heavy atom. The Bertz CT molecular complexity index is 848. The molecule has 0 radical (unpaired) electrons. The quantitative estimate of drug-likeness (QED) is 0.744. The van der Waals surface area contributed by atoms with E-state index in [0.29, 0.717) is 19.4 Å². The Balaban J connectivity index is 0.000000370. The van der Waals surface area contributed by atoms with Crippen LogP contribution in [-0.2, 0) is 11.2 Å². The van der Waals surface area contributed by atoms with Gasteiger partial charge < -0.3 is 15.1 Å². The first-order chi connectivity index (χ1) is 13.6. The number of likely N-dealkylation sites (tertiary alicyclic amines) is 1. The van der Waals surface area contributed by atoms with E-state index in [1.165, 1.54) is 17.2 Å². The van der Waals surface area contributed by atoms with Crippen LogP contribution in [0.15, 0.2) is 43.0 Å². The summed E-state index contributed by atoms with van der Waals surface area (Å²) < 4.78 is 45.5. The van der Waals surface area contributed by atoms with E-state index in [1.807, 2.05) is 12.1 Å². The number of carbonyl (C=O) groups is 2. The molecule has 2 N–H and O–H groups in total. The number of halogens is 4. The lowest BCUT2D eigenvalue weighted by atomic mass is 10.0. The predicted molar refractivity (Wildman–Crippen MR) is 91.3 cm³/mol. The number of pyridine rings is 2. The zero-order valence-corrected chi connectivity index (χ0v) is 14.9. The van der Waals surface area contributed by atoms with Gasteiger partial charge in [0.25, 0.3) is 5.91 Å². The molecule has 0 aliphatic carbocycles. The molecule has 0 bridgehead atoms. The second-order valence-electron chi connectivity index (χ2n) is 6.15. The van der Waals surface area contributed by atoms with E-state index >= 15 is 0 Å². The van der Waals surface area contributed by atoms with Gasteiger partial charge in [0.15, 0.2) is 5.82 Å². The number of aliphatic carboxylic acids is 1. The van der Waals surface area contributed by atoms with Gasteiger partial charge in [-0.05, 0) is 30.5 Å². The van der Waals surface area contributed by atoms with Crippen molar-refractivity contribution in [3.05, 3.63) is 59.9 Å². The molecule has 2 aromatic heterocycles. The average Bonchev–Trinajstić information content (AvgIpc) is 3.03. The molecule has 0 aromatic carbocycles. The lowest BCUT2D eigenvalue weighted by Gasteiger charge is -2.26. The third-order valence-electron chi connectivity index (χ3n) is 4.18. The third-order valence-corrected chi connectivity index (χ3v) is 4.18. The zero-order chi connectivity index (χ0) is 21.6. The monoisotopic (exact) mass is 415 g/mol. The number of hydrogen-bond donors (Lipinski definition) is 2. The molecule has 29 heavy (non-hydrogen) atoms. The van der Waals surface area contributed by atoms with Crippen molar-refractivity contribution in [2.45, 2.75) is 31.2 Å². The fourth-order valence-corrected chi connectivity index (χ4v) is 2.80. The third kappa shape index (κ3) is 5.95. The summed E-state index contributed by atoms with van der Waals surface area (Å²) in [4.78, 5) is 30.7. The highest BCUT2D eigenvalue weighted by Crippen LogP contribution is 2.24. The number of amides is 1. The number of aliphatic hydroxyl groups is 1. The highest BCUT2D eigenvalue weighted by atomic mass is 19.4. The number of nitrogens with zero attached hydrogens (tertiary/aromatic N) is 3. The summed E-state index contributed by atoms with van der Waals surface area (Å²) in [7, 11) is 0. The van der Waals surface area contributed by atoms with Gasteiger partial charge in [-0.25, -0.2) is 9.18 Å². The summed E-state index contributed by atoms with van der Waals surface area (Å²) >= 11 is 0. The Kier molecular flexibility index (Phi) is 7.21. The van der Waals surface area contributed by atoms with Gasteiger partial charge in [-0.3, -0.25) is 14.8 Å². The number of carboxylic acids is 1. The Labute approximate surface area is 162 Å². The van der Waals surface area contributed by atoms with Crippen molar-refractivity contribution in [3.63, 3.8) is 0 Å². The van der Waals surface area contributed by atoms with Gasteiger partial charge in [0.1, 0.15) is 0 Å². The van der Waals surface area contributed by atoms with Crippen LogP contribution in [0.1, 0.15) is 22.3 Å². The number of alkyl halides is 3. The minimum atomic E-state index is -5.08. The van der Waals surface area contributed by atoms with E-state index in [1.54, 1.807) is 12.4 Å². The molecule has 1 amide bonds. The number of aliphatic hydroxyl groups excluding tert-OH is 1. The fourth-order valence-electron chi connectivity index (χ4n) is 2.80. The summed E-state index contributed by atoms with van der Waals surface area (Å²) in [5.41, 5.74) is 0.918. The van der Waals surface area contributed by atoms with Crippen molar-refractivity contribution in [2.24, 2.45) is 0 Å². The van der Waals surface area contributed by atoms with E-state index in [2.05, 4.69) is 9.97 Å². The summed E-state index contributed by atoms with van der Waals surface area (Å²) in [5, 5.41) is 17.3. The highest BCUT2D eigenvalue weighted by Gasteiger charge is 2.38. The first-order valence-electron chi connectivity index (χ1n) is 8.38. The minimum absolute atomic E-state index is 0.0136. The molecule has 1 aliphatic heterocycles. The van der Waals surface area contributed by atoms with Crippen LogP contribution in [0, 0.1) is 5.82 Å². The molecule has 1 saturated heterocycles.